The van der Waals surface area contributed by atoms with Crippen LogP contribution < -0.4 is 14.2 Å². The van der Waals surface area contributed by atoms with Gasteiger partial charge < -0.3 is 29.5 Å². The first-order valence-corrected chi connectivity index (χ1v) is 8.83. The first-order chi connectivity index (χ1) is 13.4. The average molecular weight is 390 g/mol. The van der Waals surface area contributed by atoms with Gasteiger partial charge in [0.2, 0.25) is 0 Å². The SMILES string of the molecule is COc1cc(CC(C(=O)O)C(CO)Cc2ccc(OC)c(OC)c2)ccc1O. The third-order valence-electron chi connectivity index (χ3n) is 4.77. The van der Waals surface area contributed by atoms with Crippen LogP contribution in [0.5, 0.6) is 23.0 Å². The van der Waals surface area contributed by atoms with Crippen LogP contribution in [0.4, 0.5) is 0 Å². The van der Waals surface area contributed by atoms with Crippen molar-refractivity contribution in [3.05, 3.63) is 47.5 Å². The van der Waals surface area contributed by atoms with Crippen LogP contribution in [0.25, 0.3) is 0 Å². The van der Waals surface area contributed by atoms with E-state index >= 15 is 0 Å². The summed E-state index contributed by atoms with van der Waals surface area (Å²) in [6.45, 7) is -0.277. The topological polar surface area (TPSA) is 105 Å². The van der Waals surface area contributed by atoms with Crippen molar-refractivity contribution in [1.29, 1.82) is 0 Å². The molecule has 2 aromatic rings. The fourth-order valence-corrected chi connectivity index (χ4v) is 3.20. The molecular formula is C21H26O7. The van der Waals surface area contributed by atoms with Crippen molar-refractivity contribution < 1.29 is 34.3 Å². The van der Waals surface area contributed by atoms with Crippen molar-refractivity contribution in [1.82, 2.24) is 0 Å². The number of carbonyl (C=O) groups is 1. The largest absolute Gasteiger partial charge is 0.504 e. The molecule has 0 aliphatic heterocycles. The molecule has 0 heterocycles. The minimum absolute atomic E-state index is 0.0119. The number of carboxylic acid groups (broad SMARTS) is 1. The number of ether oxygens (including phenoxy) is 3. The van der Waals surface area contributed by atoms with Crippen molar-refractivity contribution >= 4 is 5.97 Å². The van der Waals surface area contributed by atoms with Gasteiger partial charge in [-0.1, -0.05) is 12.1 Å². The predicted molar refractivity (Wildman–Crippen MR) is 103 cm³/mol. The Morgan fingerprint density at radius 3 is 2.04 bits per heavy atom. The quantitative estimate of drug-likeness (QED) is 0.572. The van der Waals surface area contributed by atoms with E-state index in [1.54, 1.807) is 31.4 Å². The van der Waals surface area contributed by atoms with Crippen LogP contribution in [0.15, 0.2) is 36.4 Å². The smallest absolute Gasteiger partial charge is 0.307 e. The summed E-state index contributed by atoms with van der Waals surface area (Å²) in [5.41, 5.74) is 1.54. The summed E-state index contributed by atoms with van der Waals surface area (Å²) in [5, 5.41) is 29.3. The Hall–Kier alpha value is -2.93. The van der Waals surface area contributed by atoms with Gasteiger partial charge in [0.1, 0.15) is 0 Å². The van der Waals surface area contributed by atoms with Crippen LogP contribution in [-0.2, 0) is 17.6 Å². The molecule has 0 fully saturated rings. The van der Waals surface area contributed by atoms with E-state index in [1.165, 1.54) is 20.3 Å². The fraction of sp³-hybridized carbons (Fsp3) is 0.381. The molecular weight excluding hydrogens is 364 g/mol. The van der Waals surface area contributed by atoms with Crippen LogP contribution in [-0.4, -0.2) is 49.2 Å². The molecule has 0 aromatic heterocycles. The van der Waals surface area contributed by atoms with Gasteiger partial charge in [-0.25, -0.2) is 0 Å². The highest BCUT2D eigenvalue weighted by Crippen LogP contribution is 2.32. The first kappa shape index (κ1) is 21.4. The van der Waals surface area contributed by atoms with Gasteiger partial charge in [0, 0.05) is 6.61 Å². The maximum Gasteiger partial charge on any atom is 0.307 e. The summed E-state index contributed by atoms with van der Waals surface area (Å²) in [7, 11) is 4.50. The standard InChI is InChI=1S/C21H26O7/c1-26-18-7-5-13(11-20(18)28-3)8-15(12-22)16(21(24)25)9-14-4-6-17(23)19(10-14)27-2/h4-7,10-11,15-16,22-23H,8-9,12H2,1-3H3,(H,24,25). The molecule has 2 aromatic carbocycles. The summed E-state index contributed by atoms with van der Waals surface area (Å²) in [6, 6.07) is 10.1. The van der Waals surface area contributed by atoms with Crippen molar-refractivity contribution in [2.24, 2.45) is 11.8 Å². The number of phenols is 1. The lowest BCUT2D eigenvalue weighted by Gasteiger charge is -2.23. The Labute approximate surface area is 164 Å². The minimum atomic E-state index is -0.994. The van der Waals surface area contributed by atoms with Gasteiger partial charge >= 0.3 is 5.97 Å². The average Bonchev–Trinajstić information content (AvgIpc) is 2.71. The van der Waals surface area contributed by atoms with Crippen molar-refractivity contribution in [2.75, 3.05) is 27.9 Å². The number of benzene rings is 2. The number of hydrogen-bond donors (Lipinski definition) is 3. The van der Waals surface area contributed by atoms with Gasteiger partial charge in [-0.15, -0.1) is 0 Å². The normalized spacial score (nSPS) is 12.9. The second kappa shape index (κ2) is 9.85. The van der Waals surface area contributed by atoms with E-state index in [2.05, 4.69) is 0 Å². The molecule has 0 radical (unpaired) electrons. The number of aliphatic hydroxyl groups is 1. The third-order valence-corrected chi connectivity index (χ3v) is 4.77. The molecule has 2 rings (SSSR count). The van der Waals surface area contributed by atoms with Crippen LogP contribution in [0.3, 0.4) is 0 Å². The van der Waals surface area contributed by atoms with Crippen LogP contribution >= 0.6 is 0 Å². The molecule has 2 atom stereocenters. The second-order valence-electron chi connectivity index (χ2n) is 6.49. The third kappa shape index (κ3) is 5.07. The lowest BCUT2D eigenvalue weighted by molar-refractivity contribution is -0.144. The highest BCUT2D eigenvalue weighted by Gasteiger charge is 2.28. The highest BCUT2D eigenvalue weighted by atomic mass is 16.5. The second-order valence-corrected chi connectivity index (χ2v) is 6.49. The molecule has 7 heteroatoms. The molecule has 0 saturated heterocycles. The van der Waals surface area contributed by atoms with Crippen molar-refractivity contribution in [3.8, 4) is 23.0 Å². The molecule has 0 amide bonds. The Kier molecular flexibility index (Phi) is 7.52. The fourth-order valence-electron chi connectivity index (χ4n) is 3.20. The molecule has 7 nitrogen and oxygen atoms in total. The number of carboxylic acids is 1. The van der Waals surface area contributed by atoms with Gasteiger partial charge in [-0.05, 0) is 54.2 Å². The molecule has 28 heavy (non-hydrogen) atoms. The number of methoxy groups -OCH3 is 3. The molecule has 3 N–H and O–H groups in total. The van der Waals surface area contributed by atoms with Crippen molar-refractivity contribution in [2.45, 2.75) is 12.8 Å². The Morgan fingerprint density at radius 2 is 1.46 bits per heavy atom. The Bertz CT molecular complexity index is 803. The van der Waals surface area contributed by atoms with Gasteiger partial charge in [0.15, 0.2) is 23.0 Å². The van der Waals surface area contributed by atoms with E-state index < -0.39 is 17.8 Å². The maximum absolute atomic E-state index is 11.9. The molecule has 0 bridgehead atoms. The molecule has 2 unspecified atom stereocenters. The van der Waals surface area contributed by atoms with Crippen molar-refractivity contribution in [3.63, 3.8) is 0 Å². The van der Waals surface area contributed by atoms with E-state index in [9.17, 15) is 20.1 Å². The summed E-state index contributed by atoms with van der Waals surface area (Å²) in [5.74, 6) is -0.914. The lowest BCUT2D eigenvalue weighted by Crippen LogP contribution is -2.30. The molecule has 0 aliphatic carbocycles. The molecule has 0 aliphatic rings. The summed E-state index contributed by atoms with van der Waals surface area (Å²) in [6.07, 6.45) is 0.563. The first-order valence-electron chi connectivity index (χ1n) is 8.83. The Balaban J connectivity index is 2.24. The minimum Gasteiger partial charge on any atom is -0.504 e. The van der Waals surface area contributed by atoms with E-state index in [1.807, 2.05) is 6.07 Å². The van der Waals surface area contributed by atoms with E-state index in [0.717, 1.165) is 5.56 Å². The number of aromatic hydroxyl groups is 1. The number of aliphatic hydroxyl groups excluding tert-OH is 1. The lowest BCUT2D eigenvalue weighted by atomic mass is 9.83. The number of rotatable bonds is 10. The van der Waals surface area contributed by atoms with Gasteiger partial charge in [-0.3, -0.25) is 4.79 Å². The predicted octanol–water partition coefficient (Wildman–Crippen LogP) is 2.51. The summed E-state index contributed by atoms with van der Waals surface area (Å²) in [4.78, 5) is 11.9. The van der Waals surface area contributed by atoms with E-state index in [-0.39, 0.29) is 24.5 Å². The van der Waals surface area contributed by atoms with Gasteiger partial charge in [0.05, 0.1) is 27.2 Å². The summed E-state index contributed by atoms with van der Waals surface area (Å²) < 4.78 is 15.6. The highest BCUT2D eigenvalue weighted by molar-refractivity contribution is 5.71. The van der Waals surface area contributed by atoms with E-state index in [0.29, 0.717) is 23.5 Å². The Morgan fingerprint density at radius 1 is 0.893 bits per heavy atom. The molecule has 0 spiro atoms. The monoisotopic (exact) mass is 390 g/mol. The van der Waals surface area contributed by atoms with Crippen LogP contribution in [0.1, 0.15) is 11.1 Å². The zero-order valence-electron chi connectivity index (χ0n) is 16.2. The van der Waals surface area contributed by atoms with Crippen LogP contribution in [0.2, 0.25) is 0 Å². The number of aliphatic carboxylic acids is 1. The van der Waals surface area contributed by atoms with Gasteiger partial charge in [-0.2, -0.15) is 0 Å². The van der Waals surface area contributed by atoms with Crippen LogP contribution in [0, 0.1) is 11.8 Å². The molecule has 152 valence electrons. The maximum atomic E-state index is 11.9. The zero-order chi connectivity index (χ0) is 20.7. The zero-order valence-corrected chi connectivity index (χ0v) is 16.2. The van der Waals surface area contributed by atoms with Gasteiger partial charge in [0.25, 0.3) is 0 Å². The number of phenolic OH excluding ortho intramolecular Hbond substituents is 1. The summed E-state index contributed by atoms with van der Waals surface area (Å²) >= 11 is 0. The number of hydrogen-bond acceptors (Lipinski definition) is 6. The molecule has 0 saturated carbocycles. The van der Waals surface area contributed by atoms with E-state index in [4.69, 9.17) is 14.2 Å².